The Morgan fingerprint density at radius 3 is 2.80 bits per heavy atom. The van der Waals surface area contributed by atoms with E-state index < -0.39 is 24.0 Å². The number of carboxylic acids is 1. The van der Waals surface area contributed by atoms with E-state index >= 15 is 0 Å². The van der Waals surface area contributed by atoms with Gasteiger partial charge in [-0.3, -0.25) is 4.79 Å². The summed E-state index contributed by atoms with van der Waals surface area (Å²) in [5.41, 5.74) is 0.953. The number of aliphatic hydroxyl groups is 1. The number of aliphatic hydroxyl groups excluding tert-OH is 1. The number of halogens is 1. The molecule has 1 aliphatic heterocycles. The summed E-state index contributed by atoms with van der Waals surface area (Å²) in [6.45, 7) is 1.89. The number of likely N-dealkylation sites (tertiary alicyclic amines) is 1. The molecule has 108 valence electrons. The third kappa shape index (κ3) is 2.91. The molecular formula is C13H15ClN2O4. The van der Waals surface area contributed by atoms with Crippen molar-refractivity contribution in [1.29, 1.82) is 0 Å². The van der Waals surface area contributed by atoms with E-state index in [1.165, 1.54) is 6.07 Å². The van der Waals surface area contributed by atoms with Gasteiger partial charge in [-0.15, -0.1) is 0 Å². The number of rotatable bonds is 3. The monoisotopic (exact) mass is 298 g/mol. The van der Waals surface area contributed by atoms with Crippen LogP contribution in [0.1, 0.15) is 29.4 Å². The molecule has 0 bridgehead atoms. The molecule has 1 aromatic rings. The minimum atomic E-state index is -1.12. The molecule has 20 heavy (non-hydrogen) atoms. The summed E-state index contributed by atoms with van der Waals surface area (Å²) < 4.78 is 0. The van der Waals surface area contributed by atoms with Gasteiger partial charge in [-0.2, -0.15) is 0 Å². The Kier molecular flexibility index (Phi) is 4.25. The number of aromatic nitrogens is 1. The highest BCUT2D eigenvalue weighted by Crippen LogP contribution is 2.22. The van der Waals surface area contributed by atoms with Crippen molar-refractivity contribution in [2.24, 2.45) is 0 Å². The van der Waals surface area contributed by atoms with Crippen molar-refractivity contribution in [2.75, 3.05) is 6.54 Å². The van der Waals surface area contributed by atoms with E-state index in [1.807, 2.05) is 6.92 Å². The molecule has 0 radical (unpaired) electrons. The number of β-amino-alcohol motifs (C(OH)–C–C–N with tert-alkyl or cyclic N) is 1. The molecule has 1 saturated heterocycles. The molecule has 1 aliphatic rings. The van der Waals surface area contributed by atoms with Gasteiger partial charge >= 0.3 is 5.97 Å². The largest absolute Gasteiger partial charge is 0.480 e. The Bertz CT molecular complexity index is 549. The van der Waals surface area contributed by atoms with Gasteiger partial charge < -0.3 is 15.1 Å². The van der Waals surface area contributed by atoms with Gasteiger partial charge in [0.15, 0.2) is 0 Å². The summed E-state index contributed by atoms with van der Waals surface area (Å²) in [6.07, 6.45) is -0.158. The number of aryl methyl sites for hydroxylation is 1. The number of hydrogen-bond donors (Lipinski definition) is 2. The molecule has 0 spiro atoms. The fraction of sp³-hybridized carbons (Fsp3) is 0.462. The first-order valence-corrected chi connectivity index (χ1v) is 6.68. The Labute approximate surface area is 121 Å². The molecule has 7 heteroatoms. The SMILES string of the molecule is CCc1cc(C(=O)N2C[C@@H](O)C[C@H]2C(=O)O)cc(Cl)n1. The van der Waals surface area contributed by atoms with E-state index in [0.29, 0.717) is 17.7 Å². The van der Waals surface area contributed by atoms with Crippen molar-refractivity contribution < 1.29 is 19.8 Å². The van der Waals surface area contributed by atoms with Crippen LogP contribution >= 0.6 is 11.6 Å². The van der Waals surface area contributed by atoms with Crippen LogP contribution in [-0.2, 0) is 11.2 Å². The van der Waals surface area contributed by atoms with Crippen molar-refractivity contribution >= 4 is 23.5 Å². The number of aliphatic carboxylic acids is 1. The van der Waals surface area contributed by atoms with Gasteiger partial charge in [0.2, 0.25) is 0 Å². The summed E-state index contributed by atoms with van der Waals surface area (Å²) in [4.78, 5) is 28.8. The number of carbonyl (C=O) groups excluding carboxylic acids is 1. The highest BCUT2D eigenvalue weighted by Gasteiger charge is 2.39. The number of nitrogens with zero attached hydrogens (tertiary/aromatic N) is 2. The zero-order valence-corrected chi connectivity index (χ0v) is 11.7. The number of pyridine rings is 1. The Morgan fingerprint density at radius 2 is 2.20 bits per heavy atom. The molecule has 2 atom stereocenters. The van der Waals surface area contributed by atoms with E-state index in [1.54, 1.807) is 6.07 Å². The second kappa shape index (κ2) is 5.76. The van der Waals surface area contributed by atoms with E-state index in [9.17, 15) is 14.7 Å². The zero-order valence-electron chi connectivity index (χ0n) is 10.9. The lowest BCUT2D eigenvalue weighted by atomic mass is 10.1. The van der Waals surface area contributed by atoms with Crippen LogP contribution in [0.5, 0.6) is 0 Å². The molecule has 2 heterocycles. The summed E-state index contributed by atoms with van der Waals surface area (Å²) >= 11 is 5.86. The maximum atomic E-state index is 12.4. The molecule has 1 fully saturated rings. The molecule has 1 amide bonds. The van der Waals surface area contributed by atoms with Crippen LogP contribution in [0.4, 0.5) is 0 Å². The van der Waals surface area contributed by atoms with Crippen LogP contribution in [0.2, 0.25) is 5.15 Å². The molecular weight excluding hydrogens is 284 g/mol. The molecule has 2 rings (SSSR count). The first-order chi connectivity index (χ1) is 9.42. The molecule has 1 aromatic heterocycles. The molecule has 0 aromatic carbocycles. The Morgan fingerprint density at radius 1 is 1.50 bits per heavy atom. The van der Waals surface area contributed by atoms with Crippen molar-refractivity contribution in [3.05, 3.63) is 28.5 Å². The minimum Gasteiger partial charge on any atom is -0.480 e. The number of carbonyl (C=O) groups is 2. The average Bonchev–Trinajstić information content (AvgIpc) is 2.79. The number of carboxylic acid groups (broad SMARTS) is 1. The van der Waals surface area contributed by atoms with E-state index in [0.717, 1.165) is 4.90 Å². The third-order valence-electron chi connectivity index (χ3n) is 3.28. The maximum absolute atomic E-state index is 12.4. The van der Waals surface area contributed by atoms with Gasteiger partial charge in [-0.1, -0.05) is 18.5 Å². The van der Waals surface area contributed by atoms with Crippen molar-refractivity contribution in [3.63, 3.8) is 0 Å². The van der Waals surface area contributed by atoms with Crippen LogP contribution in [0.3, 0.4) is 0 Å². The standard InChI is InChI=1S/C13H15ClN2O4/c1-2-8-3-7(4-11(14)15-8)12(18)16-6-9(17)5-10(16)13(19)20/h3-4,9-10,17H,2,5-6H2,1H3,(H,19,20)/t9-,10-/m0/s1. The second-order valence-electron chi connectivity index (χ2n) is 4.72. The first kappa shape index (κ1) is 14.7. The van der Waals surface area contributed by atoms with Gasteiger partial charge in [0.25, 0.3) is 5.91 Å². The Balaban J connectivity index is 2.30. The summed E-state index contributed by atoms with van der Waals surface area (Å²) in [5, 5.41) is 18.9. The van der Waals surface area contributed by atoms with E-state index in [2.05, 4.69) is 4.98 Å². The van der Waals surface area contributed by atoms with Crippen LogP contribution in [0.25, 0.3) is 0 Å². The lowest BCUT2D eigenvalue weighted by Gasteiger charge is -2.21. The quantitative estimate of drug-likeness (QED) is 0.811. The second-order valence-corrected chi connectivity index (χ2v) is 5.11. The smallest absolute Gasteiger partial charge is 0.326 e. The normalized spacial score (nSPS) is 22.1. The van der Waals surface area contributed by atoms with Gasteiger partial charge in [0, 0.05) is 24.2 Å². The molecule has 0 unspecified atom stereocenters. The highest BCUT2D eigenvalue weighted by atomic mass is 35.5. The maximum Gasteiger partial charge on any atom is 0.326 e. The predicted octanol–water partition coefficient (Wildman–Crippen LogP) is 0.957. The Hall–Kier alpha value is -1.66. The summed E-state index contributed by atoms with van der Waals surface area (Å²) in [5.74, 6) is -1.57. The van der Waals surface area contributed by atoms with Crippen molar-refractivity contribution in [1.82, 2.24) is 9.88 Å². The topological polar surface area (TPSA) is 90.7 Å². The lowest BCUT2D eigenvalue weighted by Crippen LogP contribution is -2.40. The van der Waals surface area contributed by atoms with Crippen molar-refractivity contribution in [3.8, 4) is 0 Å². The van der Waals surface area contributed by atoms with E-state index in [4.69, 9.17) is 16.7 Å². The van der Waals surface area contributed by atoms with Gasteiger partial charge in [0.05, 0.1) is 6.10 Å². The molecule has 6 nitrogen and oxygen atoms in total. The van der Waals surface area contributed by atoms with Crippen LogP contribution in [0, 0.1) is 0 Å². The first-order valence-electron chi connectivity index (χ1n) is 6.30. The fourth-order valence-electron chi connectivity index (χ4n) is 2.29. The van der Waals surface area contributed by atoms with Crippen LogP contribution < -0.4 is 0 Å². The number of hydrogen-bond acceptors (Lipinski definition) is 4. The summed E-state index contributed by atoms with van der Waals surface area (Å²) in [6, 6.07) is 2.00. The highest BCUT2D eigenvalue weighted by molar-refractivity contribution is 6.29. The van der Waals surface area contributed by atoms with Crippen LogP contribution in [0.15, 0.2) is 12.1 Å². The van der Waals surface area contributed by atoms with Gasteiger partial charge in [-0.25, -0.2) is 9.78 Å². The zero-order chi connectivity index (χ0) is 14.9. The fourth-order valence-corrected chi connectivity index (χ4v) is 2.52. The lowest BCUT2D eigenvalue weighted by molar-refractivity contribution is -0.141. The van der Waals surface area contributed by atoms with Crippen molar-refractivity contribution in [2.45, 2.75) is 31.9 Å². The third-order valence-corrected chi connectivity index (χ3v) is 3.47. The summed E-state index contributed by atoms with van der Waals surface area (Å²) in [7, 11) is 0. The minimum absolute atomic E-state index is 0.0111. The predicted molar refractivity (Wildman–Crippen MR) is 71.7 cm³/mol. The average molecular weight is 299 g/mol. The molecule has 0 aliphatic carbocycles. The number of amides is 1. The van der Waals surface area contributed by atoms with E-state index in [-0.39, 0.29) is 18.1 Å². The van der Waals surface area contributed by atoms with Gasteiger partial charge in [0.1, 0.15) is 11.2 Å². The van der Waals surface area contributed by atoms with Gasteiger partial charge in [-0.05, 0) is 18.6 Å². The van der Waals surface area contributed by atoms with Crippen LogP contribution in [-0.4, -0.2) is 50.7 Å². The molecule has 0 saturated carbocycles. The molecule has 2 N–H and O–H groups in total.